The van der Waals surface area contributed by atoms with Crippen molar-refractivity contribution in [2.24, 2.45) is 11.7 Å². The Kier molecular flexibility index (Phi) is 9.32. The highest BCUT2D eigenvalue weighted by atomic mass is 35.5. The van der Waals surface area contributed by atoms with Gasteiger partial charge in [-0.25, -0.2) is 0 Å². The molecule has 126 valence electrons. The number of hydrogen-bond acceptors (Lipinski definition) is 4. The SMILES string of the molecule is Cc1ccc(CC(C)NC(=O)CNC(=O)[C@@H](N)C(C)C)s1.Cl. The number of rotatable bonds is 7. The second kappa shape index (κ2) is 9.82. The van der Waals surface area contributed by atoms with Crippen molar-refractivity contribution in [1.29, 1.82) is 0 Å². The third kappa shape index (κ3) is 7.24. The van der Waals surface area contributed by atoms with Crippen molar-refractivity contribution in [3.05, 3.63) is 21.9 Å². The smallest absolute Gasteiger partial charge is 0.239 e. The zero-order chi connectivity index (χ0) is 16.0. The highest BCUT2D eigenvalue weighted by Crippen LogP contribution is 2.16. The van der Waals surface area contributed by atoms with E-state index in [-0.39, 0.29) is 42.7 Å². The maximum absolute atomic E-state index is 11.8. The highest BCUT2D eigenvalue weighted by Gasteiger charge is 2.18. The number of nitrogens with one attached hydrogen (secondary N) is 2. The first-order chi connectivity index (χ1) is 9.79. The van der Waals surface area contributed by atoms with E-state index in [1.54, 1.807) is 11.3 Å². The fourth-order valence-electron chi connectivity index (χ4n) is 1.86. The van der Waals surface area contributed by atoms with Gasteiger partial charge >= 0.3 is 0 Å². The number of thiophene rings is 1. The van der Waals surface area contributed by atoms with Gasteiger partial charge in [-0.3, -0.25) is 9.59 Å². The van der Waals surface area contributed by atoms with E-state index in [9.17, 15) is 9.59 Å². The number of nitrogens with two attached hydrogens (primary N) is 1. The molecule has 5 nitrogen and oxygen atoms in total. The van der Waals surface area contributed by atoms with Crippen molar-refractivity contribution in [3.63, 3.8) is 0 Å². The average Bonchev–Trinajstić information content (AvgIpc) is 2.79. The van der Waals surface area contributed by atoms with Crippen molar-refractivity contribution in [2.45, 2.75) is 46.2 Å². The van der Waals surface area contributed by atoms with Crippen molar-refractivity contribution < 1.29 is 9.59 Å². The Bertz CT molecular complexity index is 491. The van der Waals surface area contributed by atoms with Crippen LogP contribution in [0, 0.1) is 12.8 Å². The Balaban J connectivity index is 0.00000441. The van der Waals surface area contributed by atoms with Crippen LogP contribution >= 0.6 is 23.7 Å². The summed E-state index contributed by atoms with van der Waals surface area (Å²) in [5.41, 5.74) is 5.71. The van der Waals surface area contributed by atoms with E-state index in [1.165, 1.54) is 9.75 Å². The lowest BCUT2D eigenvalue weighted by atomic mass is 10.1. The first-order valence-electron chi connectivity index (χ1n) is 7.17. The third-order valence-corrected chi connectivity index (χ3v) is 4.18. The zero-order valence-corrected chi connectivity index (χ0v) is 15.1. The summed E-state index contributed by atoms with van der Waals surface area (Å²) < 4.78 is 0. The minimum atomic E-state index is -0.579. The van der Waals surface area contributed by atoms with Crippen LogP contribution in [0.2, 0.25) is 0 Å². The van der Waals surface area contributed by atoms with Crippen molar-refractivity contribution >= 4 is 35.6 Å². The van der Waals surface area contributed by atoms with Gasteiger partial charge in [0.15, 0.2) is 0 Å². The molecular weight excluding hydrogens is 322 g/mol. The van der Waals surface area contributed by atoms with E-state index in [0.29, 0.717) is 0 Å². The second-order valence-corrected chi connectivity index (χ2v) is 7.05. The first kappa shape index (κ1) is 20.9. The molecule has 1 rings (SSSR count). The van der Waals surface area contributed by atoms with Gasteiger partial charge in [-0.15, -0.1) is 23.7 Å². The predicted molar refractivity (Wildman–Crippen MR) is 93.4 cm³/mol. The lowest BCUT2D eigenvalue weighted by molar-refractivity contribution is -0.127. The monoisotopic (exact) mass is 347 g/mol. The Hall–Kier alpha value is -1.11. The van der Waals surface area contributed by atoms with E-state index in [2.05, 4.69) is 29.7 Å². The molecule has 0 fully saturated rings. The molecule has 0 radical (unpaired) electrons. The summed E-state index contributed by atoms with van der Waals surface area (Å²) in [6, 6.07) is 3.60. The van der Waals surface area contributed by atoms with Gasteiger partial charge in [0.1, 0.15) is 0 Å². The summed E-state index contributed by atoms with van der Waals surface area (Å²) in [6.45, 7) is 7.72. The zero-order valence-electron chi connectivity index (χ0n) is 13.5. The van der Waals surface area contributed by atoms with Gasteiger partial charge in [0.2, 0.25) is 11.8 Å². The van der Waals surface area contributed by atoms with Gasteiger partial charge in [0.05, 0.1) is 12.6 Å². The summed E-state index contributed by atoms with van der Waals surface area (Å²) in [5.74, 6) is -0.434. The molecule has 1 heterocycles. The van der Waals surface area contributed by atoms with Crippen LogP contribution in [0.4, 0.5) is 0 Å². The Morgan fingerprint density at radius 3 is 2.41 bits per heavy atom. The minimum Gasteiger partial charge on any atom is -0.352 e. The van der Waals surface area contributed by atoms with Gasteiger partial charge in [0, 0.05) is 22.2 Å². The molecule has 0 saturated heterocycles. The molecule has 0 aliphatic carbocycles. The summed E-state index contributed by atoms with van der Waals surface area (Å²) in [4.78, 5) is 25.9. The quantitative estimate of drug-likeness (QED) is 0.700. The Morgan fingerprint density at radius 1 is 1.27 bits per heavy atom. The maximum atomic E-state index is 11.8. The normalized spacial score (nSPS) is 13.2. The molecule has 1 aromatic heterocycles. The van der Waals surface area contributed by atoms with E-state index >= 15 is 0 Å². The summed E-state index contributed by atoms with van der Waals surface area (Å²) >= 11 is 1.73. The number of amides is 2. The van der Waals surface area contributed by atoms with Crippen LogP contribution in [0.15, 0.2) is 12.1 Å². The van der Waals surface area contributed by atoms with Gasteiger partial charge in [0.25, 0.3) is 0 Å². The maximum Gasteiger partial charge on any atom is 0.239 e. The van der Waals surface area contributed by atoms with Crippen LogP contribution in [0.1, 0.15) is 30.5 Å². The number of carbonyl (C=O) groups is 2. The van der Waals surface area contributed by atoms with Gasteiger partial charge in [-0.05, 0) is 31.9 Å². The number of halogens is 1. The van der Waals surface area contributed by atoms with Crippen molar-refractivity contribution in [2.75, 3.05) is 6.54 Å². The van der Waals surface area contributed by atoms with Crippen LogP contribution < -0.4 is 16.4 Å². The molecule has 0 spiro atoms. The molecule has 0 aliphatic heterocycles. The molecule has 0 aromatic carbocycles. The van der Waals surface area contributed by atoms with E-state index in [1.807, 2.05) is 20.8 Å². The van der Waals surface area contributed by atoms with Gasteiger partial charge in [-0.2, -0.15) is 0 Å². The highest BCUT2D eigenvalue weighted by molar-refractivity contribution is 7.11. The fourth-order valence-corrected chi connectivity index (χ4v) is 2.88. The van der Waals surface area contributed by atoms with Crippen molar-refractivity contribution in [3.8, 4) is 0 Å². The van der Waals surface area contributed by atoms with Crippen LogP contribution in [0.25, 0.3) is 0 Å². The molecule has 2 atom stereocenters. The number of hydrogen-bond donors (Lipinski definition) is 3. The van der Waals surface area contributed by atoms with Crippen LogP contribution in [-0.2, 0) is 16.0 Å². The van der Waals surface area contributed by atoms with Crippen LogP contribution in [0.3, 0.4) is 0 Å². The summed E-state index contributed by atoms with van der Waals surface area (Å²) in [6.07, 6.45) is 0.795. The number of carbonyl (C=O) groups excluding carboxylic acids is 2. The topological polar surface area (TPSA) is 84.2 Å². The Morgan fingerprint density at radius 2 is 1.91 bits per heavy atom. The summed E-state index contributed by atoms with van der Waals surface area (Å²) in [7, 11) is 0. The molecular formula is C15H26ClN3O2S. The van der Waals surface area contributed by atoms with Gasteiger partial charge in [-0.1, -0.05) is 13.8 Å². The molecule has 22 heavy (non-hydrogen) atoms. The Labute approximate surface area is 142 Å². The molecule has 7 heteroatoms. The molecule has 2 amide bonds. The van der Waals surface area contributed by atoms with Crippen LogP contribution in [0.5, 0.6) is 0 Å². The second-order valence-electron chi connectivity index (χ2n) is 5.67. The fraction of sp³-hybridized carbons (Fsp3) is 0.600. The molecule has 4 N–H and O–H groups in total. The molecule has 0 saturated carbocycles. The minimum absolute atomic E-state index is 0. The van der Waals surface area contributed by atoms with Crippen molar-refractivity contribution in [1.82, 2.24) is 10.6 Å². The van der Waals surface area contributed by atoms with E-state index < -0.39 is 6.04 Å². The van der Waals surface area contributed by atoms with Crippen LogP contribution in [-0.4, -0.2) is 30.4 Å². The lowest BCUT2D eigenvalue weighted by Crippen LogP contribution is -2.48. The predicted octanol–water partition coefficient (Wildman–Crippen LogP) is 1.63. The number of aryl methyl sites for hydroxylation is 1. The molecule has 0 bridgehead atoms. The standard InChI is InChI=1S/C15H25N3O2S.ClH/c1-9(2)14(16)15(20)17-8-13(19)18-10(3)7-12-6-5-11(4)21-12;/h5-6,9-10,14H,7-8,16H2,1-4H3,(H,17,20)(H,18,19);1H/t10?,14-;/m0./s1. The lowest BCUT2D eigenvalue weighted by Gasteiger charge is -2.16. The van der Waals surface area contributed by atoms with E-state index in [0.717, 1.165) is 6.42 Å². The first-order valence-corrected chi connectivity index (χ1v) is 7.99. The molecule has 0 aliphatic rings. The third-order valence-electron chi connectivity index (χ3n) is 3.15. The van der Waals surface area contributed by atoms with E-state index in [4.69, 9.17) is 5.73 Å². The molecule has 1 unspecified atom stereocenters. The summed E-state index contributed by atoms with van der Waals surface area (Å²) in [5, 5.41) is 5.44. The molecule has 1 aromatic rings. The largest absolute Gasteiger partial charge is 0.352 e. The van der Waals surface area contributed by atoms with Gasteiger partial charge < -0.3 is 16.4 Å². The average molecular weight is 348 g/mol.